The molecule has 0 fully saturated rings. The molecule has 0 saturated heterocycles. The van der Waals surface area contributed by atoms with Gasteiger partial charge in [0, 0.05) is 19.3 Å². The molecule has 298 valence electrons. The van der Waals surface area contributed by atoms with Crippen LogP contribution < -0.4 is 0 Å². The van der Waals surface area contributed by atoms with E-state index >= 15 is 0 Å². The zero-order valence-corrected chi connectivity index (χ0v) is 33.9. The van der Waals surface area contributed by atoms with E-state index in [9.17, 15) is 14.4 Å². The van der Waals surface area contributed by atoms with Gasteiger partial charge in [0.15, 0.2) is 6.10 Å². The molecule has 0 aromatic heterocycles. The molecule has 0 aliphatic rings. The molecule has 0 aliphatic carbocycles. The van der Waals surface area contributed by atoms with E-state index in [2.05, 4.69) is 45.1 Å². The van der Waals surface area contributed by atoms with Gasteiger partial charge in [-0.05, 0) is 70.6 Å². The summed E-state index contributed by atoms with van der Waals surface area (Å²) in [5.41, 5.74) is 0. The van der Waals surface area contributed by atoms with Crippen molar-refractivity contribution in [2.45, 2.75) is 232 Å². The van der Waals surface area contributed by atoms with Gasteiger partial charge >= 0.3 is 17.9 Å². The monoisotopic (exact) mass is 719 g/mol. The molecule has 0 rings (SSSR count). The largest absolute Gasteiger partial charge is 0.462 e. The Morgan fingerprint density at radius 3 is 1.02 bits per heavy atom. The van der Waals surface area contributed by atoms with E-state index in [1.54, 1.807) is 0 Å². The van der Waals surface area contributed by atoms with Crippen molar-refractivity contribution in [3.8, 4) is 0 Å². The minimum absolute atomic E-state index is 0.0751. The predicted molar refractivity (Wildman–Crippen MR) is 215 cm³/mol. The molecule has 0 amide bonds. The Balaban J connectivity index is 4.38. The molecule has 6 heteroatoms. The Labute approximate surface area is 315 Å². The van der Waals surface area contributed by atoms with Crippen molar-refractivity contribution in [3.63, 3.8) is 0 Å². The van der Waals surface area contributed by atoms with Gasteiger partial charge in [-0.1, -0.05) is 161 Å². The molecule has 0 bridgehead atoms. The lowest BCUT2D eigenvalue weighted by molar-refractivity contribution is -0.167. The number of ether oxygens (including phenoxy) is 3. The first-order valence-electron chi connectivity index (χ1n) is 21.8. The van der Waals surface area contributed by atoms with Crippen LogP contribution in [0, 0.1) is 0 Å². The average Bonchev–Trinajstić information content (AvgIpc) is 3.12. The predicted octanol–water partition coefficient (Wildman–Crippen LogP) is 13.6. The molecule has 0 radical (unpaired) electrons. The van der Waals surface area contributed by atoms with Crippen LogP contribution in [0.2, 0.25) is 0 Å². The quantitative estimate of drug-likeness (QED) is 0.0272. The van der Waals surface area contributed by atoms with E-state index < -0.39 is 6.10 Å². The van der Waals surface area contributed by atoms with E-state index in [1.807, 2.05) is 0 Å². The van der Waals surface area contributed by atoms with Crippen molar-refractivity contribution in [2.75, 3.05) is 13.2 Å². The smallest absolute Gasteiger partial charge is 0.306 e. The summed E-state index contributed by atoms with van der Waals surface area (Å²) in [5, 5.41) is 0. The number of esters is 3. The van der Waals surface area contributed by atoms with Crippen molar-refractivity contribution in [3.05, 3.63) is 24.3 Å². The molecule has 0 aliphatic heterocycles. The molecule has 0 aromatic carbocycles. The Morgan fingerprint density at radius 1 is 0.373 bits per heavy atom. The van der Waals surface area contributed by atoms with Crippen LogP contribution in [0.25, 0.3) is 0 Å². The van der Waals surface area contributed by atoms with Crippen LogP contribution in [0.15, 0.2) is 24.3 Å². The highest BCUT2D eigenvalue weighted by Gasteiger charge is 2.19. The molecule has 1 unspecified atom stereocenters. The third kappa shape index (κ3) is 38.9. The molecule has 1 atom stereocenters. The van der Waals surface area contributed by atoms with Crippen LogP contribution in [0.1, 0.15) is 226 Å². The highest BCUT2D eigenvalue weighted by Crippen LogP contribution is 2.14. The van der Waals surface area contributed by atoms with Gasteiger partial charge in [-0.25, -0.2) is 0 Å². The summed E-state index contributed by atoms with van der Waals surface area (Å²) in [6.45, 7) is 6.55. The number of carbonyl (C=O) groups excluding carboxylic acids is 3. The van der Waals surface area contributed by atoms with E-state index in [0.717, 1.165) is 70.6 Å². The van der Waals surface area contributed by atoms with Crippen LogP contribution >= 0.6 is 0 Å². The Hall–Kier alpha value is -2.11. The number of allylic oxidation sites excluding steroid dienone is 4. The zero-order chi connectivity index (χ0) is 37.3. The molecule has 51 heavy (non-hydrogen) atoms. The SMILES string of the molecule is CCCCC/C=C\CCCCCCCC(=O)OCC(COC(=O)CCCCCCCCCCC)OC(=O)CCCCCCC/C=C\CCCCC. The molecule has 6 nitrogen and oxygen atoms in total. The highest BCUT2D eigenvalue weighted by atomic mass is 16.6. The maximum Gasteiger partial charge on any atom is 0.306 e. The number of hydrogen-bond donors (Lipinski definition) is 0. The Morgan fingerprint density at radius 2 is 0.647 bits per heavy atom. The summed E-state index contributed by atoms with van der Waals surface area (Å²) in [4.78, 5) is 37.6. The lowest BCUT2D eigenvalue weighted by Crippen LogP contribution is -2.30. The third-order valence-electron chi connectivity index (χ3n) is 9.43. The topological polar surface area (TPSA) is 78.9 Å². The van der Waals surface area contributed by atoms with E-state index in [4.69, 9.17) is 14.2 Å². The van der Waals surface area contributed by atoms with Gasteiger partial charge < -0.3 is 14.2 Å². The standard InChI is InChI=1S/C45H82O6/c1-4-7-10-13-16-19-21-23-26-29-32-35-38-44(47)50-41-42(40-49-43(46)37-34-31-28-25-18-15-12-9-6-3)51-45(48)39-36-33-30-27-24-22-20-17-14-11-8-5-2/h16-17,19-20,42H,4-15,18,21-41H2,1-3H3/b19-16-,20-17-. The average molecular weight is 719 g/mol. The van der Waals surface area contributed by atoms with Crippen molar-refractivity contribution in [1.29, 1.82) is 0 Å². The van der Waals surface area contributed by atoms with Crippen molar-refractivity contribution < 1.29 is 28.6 Å². The molecular weight excluding hydrogens is 636 g/mol. The fourth-order valence-corrected chi connectivity index (χ4v) is 6.08. The molecule has 0 N–H and O–H groups in total. The van der Waals surface area contributed by atoms with Crippen molar-refractivity contribution in [2.24, 2.45) is 0 Å². The summed E-state index contributed by atoms with van der Waals surface area (Å²) in [6.07, 6.45) is 43.0. The van der Waals surface area contributed by atoms with Gasteiger partial charge in [0.1, 0.15) is 13.2 Å². The lowest BCUT2D eigenvalue weighted by Gasteiger charge is -2.18. The molecule has 0 heterocycles. The number of carbonyl (C=O) groups is 3. The summed E-state index contributed by atoms with van der Waals surface area (Å²) >= 11 is 0. The Kier molecular flexibility index (Phi) is 39.0. The second-order valence-electron chi connectivity index (χ2n) is 14.6. The van der Waals surface area contributed by atoms with Gasteiger partial charge in [0.25, 0.3) is 0 Å². The molecule has 0 aromatic rings. The van der Waals surface area contributed by atoms with E-state index in [-0.39, 0.29) is 31.1 Å². The van der Waals surface area contributed by atoms with Crippen LogP contribution in [-0.4, -0.2) is 37.2 Å². The van der Waals surface area contributed by atoms with Crippen LogP contribution in [-0.2, 0) is 28.6 Å². The number of rotatable bonds is 39. The van der Waals surface area contributed by atoms with Gasteiger partial charge in [0.05, 0.1) is 0 Å². The van der Waals surface area contributed by atoms with Crippen LogP contribution in [0.4, 0.5) is 0 Å². The van der Waals surface area contributed by atoms with Crippen LogP contribution in [0.3, 0.4) is 0 Å². The Bertz CT molecular complexity index is 835. The number of unbranched alkanes of at least 4 members (excludes halogenated alkanes) is 24. The van der Waals surface area contributed by atoms with Gasteiger partial charge in [-0.15, -0.1) is 0 Å². The normalized spacial score (nSPS) is 12.1. The summed E-state index contributed by atoms with van der Waals surface area (Å²) < 4.78 is 16.6. The van der Waals surface area contributed by atoms with E-state index in [0.29, 0.717) is 19.3 Å². The molecule has 0 spiro atoms. The molecule has 0 saturated carbocycles. The minimum Gasteiger partial charge on any atom is -0.462 e. The van der Waals surface area contributed by atoms with Gasteiger partial charge in [-0.3, -0.25) is 14.4 Å². The molecular formula is C45H82O6. The minimum atomic E-state index is -0.771. The zero-order valence-electron chi connectivity index (χ0n) is 33.9. The first-order valence-corrected chi connectivity index (χ1v) is 21.8. The van der Waals surface area contributed by atoms with Gasteiger partial charge in [0.2, 0.25) is 0 Å². The summed E-state index contributed by atoms with van der Waals surface area (Å²) in [5.74, 6) is -0.896. The highest BCUT2D eigenvalue weighted by molar-refractivity contribution is 5.71. The third-order valence-corrected chi connectivity index (χ3v) is 9.43. The lowest BCUT2D eigenvalue weighted by atomic mass is 10.1. The van der Waals surface area contributed by atoms with Gasteiger partial charge in [-0.2, -0.15) is 0 Å². The summed E-state index contributed by atoms with van der Waals surface area (Å²) in [7, 11) is 0. The van der Waals surface area contributed by atoms with Crippen LogP contribution in [0.5, 0.6) is 0 Å². The second-order valence-corrected chi connectivity index (χ2v) is 14.6. The first-order chi connectivity index (χ1) is 25.0. The fourth-order valence-electron chi connectivity index (χ4n) is 6.08. The summed E-state index contributed by atoms with van der Waals surface area (Å²) in [6, 6.07) is 0. The maximum absolute atomic E-state index is 12.7. The fraction of sp³-hybridized carbons (Fsp3) is 0.844. The van der Waals surface area contributed by atoms with E-state index in [1.165, 1.54) is 116 Å². The maximum atomic E-state index is 12.7. The number of hydrogen-bond acceptors (Lipinski definition) is 6. The van der Waals surface area contributed by atoms with Crippen molar-refractivity contribution >= 4 is 17.9 Å². The van der Waals surface area contributed by atoms with Crippen molar-refractivity contribution in [1.82, 2.24) is 0 Å². The first kappa shape index (κ1) is 48.9. The second kappa shape index (κ2) is 40.7.